The largest absolute Gasteiger partial charge is 0.353 e. The lowest BCUT2D eigenvalue weighted by molar-refractivity contribution is -0.125. The minimum Gasteiger partial charge on any atom is -0.353 e. The summed E-state index contributed by atoms with van der Waals surface area (Å²) in [6.45, 7) is 4.57. The molecule has 1 fully saturated rings. The lowest BCUT2D eigenvalue weighted by Gasteiger charge is -2.18. The number of nitrogens with one attached hydrogen (secondary N) is 1. The Hall–Kier alpha value is -0.900. The molecule has 0 aliphatic heterocycles. The van der Waals surface area contributed by atoms with Crippen molar-refractivity contribution in [2.75, 3.05) is 20.1 Å². The fraction of sp³-hybridized carbons (Fsp3) is 0.846. The van der Waals surface area contributed by atoms with Gasteiger partial charge in [0.1, 0.15) is 5.78 Å². The fourth-order valence-corrected chi connectivity index (χ4v) is 2.31. The highest BCUT2D eigenvalue weighted by Crippen LogP contribution is 2.25. The Kier molecular flexibility index (Phi) is 5.62. The zero-order valence-corrected chi connectivity index (χ0v) is 11.2. The Balaban J connectivity index is 2.26. The lowest BCUT2D eigenvalue weighted by atomic mass is 10.0. The van der Waals surface area contributed by atoms with Crippen LogP contribution in [0.2, 0.25) is 0 Å². The molecule has 0 atom stereocenters. The maximum atomic E-state index is 11.9. The van der Waals surface area contributed by atoms with Crippen LogP contribution in [0.25, 0.3) is 0 Å². The molecule has 1 aliphatic carbocycles. The van der Waals surface area contributed by atoms with Crippen LogP contribution in [0.3, 0.4) is 0 Å². The van der Waals surface area contributed by atoms with Crippen molar-refractivity contribution in [3.05, 3.63) is 0 Å². The second-order valence-corrected chi connectivity index (χ2v) is 5.34. The van der Waals surface area contributed by atoms with Gasteiger partial charge in [-0.1, -0.05) is 12.8 Å². The Labute approximate surface area is 104 Å². The quantitative estimate of drug-likeness (QED) is 0.759. The van der Waals surface area contributed by atoms with E-state index in [0.29, 0.717) is 18.9 Å². The van der Waals surface area contributed by atoms with E-state index in [-0.39, 0.29) is 17.9 Å². The van der Waals surface area contributed by atoms with Gasteiger partial charge < -0.3 is 5.32 Å². The highest BCUT2D eigenvalue weighted by molar-refractivity contribution is 5.84. The number of carbonyl (C=O) groups is 2. The molecule has 1 rings (SSSR count). The van der Waals surface area contributed by atoms with Crippen LogP contribution >= 0.6 is 0 Å². The van der Waals surface area contributed by atoms with E-state index in [9.17, 15) is 9.59 Å². The SMILES string of the molecule is CC(C)NC(=O)CN(C)CC(=O)C1CCCC1. The average molecular weight is 240 g/mol. The molecular weight excluding hydrogens is 216 g/mol. The number of ketones is 1. The molecule has 0 radical (unpaired) electrons. The molecule has 4 nitrogen and oxygen atoms in total. The van der Waals surface area contributed by atoms with Gasteiger partial charge in [0.15, 0.2) is 0 Å². The van der Waals surface area contributed by atoms with Crippen LogP contribution in [0.15, 0.2) is 0 Å². The van der Waals surface area contributed by atoms with Crippen LogP contribution < -0.4 is 5.32 Å². The molecule has 1 amide bonds. The molecule has 17 heavy (non-hydrogen) atoms. The summed E-state index contributed by atoms with van der Waals surface area (Å²) in [5.74, 6) is 0.523. The van der Waals surface area contributed by atoms with E-state index >= 15 is 0 Å². The third kappa shape index (κ3) is 5.31. The van der Waals surface area contributed by atoms with E-state index in [0.717, 1.165) is 12.8 Å². The minimum absolute atomic E-state index is 0.0123. The van der Waals surface area contributed by atoms with Gasteiger partial charge in [-0.15, -0.1) is 0 Å². The number of hydrogen-bond acceptors (Lipinski definition) is 3. The van der Waals surface area contributed by atoms with Crippen LogP contribution in [0, 0.1) is 5.92 Å². The normalized spacial score (nSPS) is 16.8. The Morgan fingerprint density at radius 3 is 2.35 bits per heavy atom. The van der Waals surface area contributed by atoms with E-state index in [1.54, 1.807) is 4.90 Å². The molecule has 1 saturated carbocycles. The summed E-state index contributed by atoms with van der Waals surface area (Å²) >= 11 is 0. The van der Waals surface area contributed by atoms with Gasteiger partial charge >= 0.3 is 0 Å². The molecule has 0 aromatic rings. The van der Waals surface area contributed by atoms with Gasteiger partial charge in [-0.05, 0) is 33.7 Å². The van der Waals surface area contributed by atoms with E-state index < -0.39 is 0 Å². The van der Waals surface area contributed by atoms with Crippen LogP contribution in [0.5, 0.6) is 0 Å². The molecule has 4 heteroatoms. The summed E-state index contributed by atoms with van der Waals surface area (Å²) in [5, 5.41) is 2.82. The standard InChI is InChI=1S/C13H24N2O2/c1-10(2)14-13(17)9-15(3)8-12(16)11-6-4-5-7-11/h10-11H,4-9H2,1-3H3,(H,14,17). The lowest BCUT2D eigenvalue weighted by Crippen LogP contribution is -2.40. The van der Waals surface area contributed by atoms with Gasteiger partial charge in [0.05, 0.1) is 13.1 Å². The van der Waals surface area contributed by atoms with Crippen molar-refractivity contribution in [3.63, 3.8) is 0 Å². The van der Waals surface area contributed by atoms with Crippen molar-refractivity contribution in [2.45, 2.75) is 45.6 Å². The monoisotopic (exact) mass is 240 g/mol. The molecule has 0 heterocycles. The first-order valence-corrected chi connectivity index (χ1v) is 6.49. The number of carbonyl (C=O) groups excluding carboxylic acids is 2. The highest BCUT2D eigenvalue weighted by atomic mass is 16.2. The maximum absolute atomic E-state index is 11.9. The summed E-state index contributed by atoms with van der Waals surface area (Å²) in [7, 11) is 1.83. The first-order chi connectivity index (χ1) is 7.99. The fourth-order valence-electron chi connectivity index (χ4n) is 2.31. The molecule has 0 saturated heterocycles. The van der Waals surface area contributed by atoms with Crippen molar-refractivity contribution in [3.8, 4) is 0 Å². The number of likely N-dealkylation sites (N-methyl/N-ethyl adjacent to an activating group) is 1. The maximum Gasteiger partial charge on any atom is 0.234 e. The van der Waals surface area contributed by atoms with E-state index in [1.165, 1.54) is 12.8 Å². The highest BCUT2D eigenvalue weighted by Gasteiger charge is 2.23. The molecule has 0 aromatic carbocycles. The van der Waals surface area contributed by atoms with Crippen molar-refractivity contribution in [1.82, 2.24) is 10.2 Å². The number of nitrogens with zero attached hydrogens (tertiary/aromatic N) is 1. The predicted molar refractivity (Wildman–Crippen MR) is 67.7 cm³/mol. The van der Waals surface area contributed by atoms with Gasteiger partial charge in [-0.2, -0.15) is 0 Å². The van der Waals surface area contributed by atoms with E-state index in [4.69, 9.17) is 0 Å². The third-order valence-electron chi connectivity index (χ3n) is 3.10. The molecule has 1 aliphatic rings. The molecular formula is C13H24N2O2. The third-order valence-corrected chi connectivity index (χ3v) is 3.10. The summed E-state index contributed by atoms with van der Waals surface area (Å²) in [6.07, 6.45) is 4.41. The first kappa shape index (κ1) is 14.2. The van der Waals surface area contributed by atoms with Gasteiger partial charge in [0.25, 0.3) is 0 Å². The van der Waals surface area contributed by atoms with Crippen molar-refractivity contribution >= 4 is 11.7 Å². The van der Waals surface area contributed by atoms with Crippen LogP contribution in [-0.2, 0) is 9.59 Å². The summed E-state index contributed by atoms with van der Waals surface area (Å²) in [4.78, 5) is 25.2. The summed E-state index contributed by atoms with van der Waals surface area (Å²) in [6, 6.07) is 0.154. The van der Waals surface area contributed by atoms with Gasteiger partial charge in [0, 0.05) is 12.0 Å². The summed E-state index contributed by atoms with van der Waals surface area (Å²) in [5.41, 5.74) is 0. The van der Waals surface area contributed by atoms with E-state index in [1.807, 2.05) is 20.9 Å². The van der Waals surface area contributed by atoms with Crippen LogP contribution in [-0.4, -0.2) is 42.8 Å². The van der Waals surface area contributed by atoms with E-state index in [2.05, 4.69) is 5.32 Å². The smallest absolute Gasteiger partial charge is 0.234 e. The number of rotatable bonds is 6. The van der Waals surface area contributed by atoms with Gasteiger partial charge in [-0.3, -0.25) is 14.5 Å². The molecule has 98 valence electrons. The number of amides is 1. The predicted octanol–water partition coefficient (Wildman–Crippen LogP) is 1.20. The van der Waals surface area contributed by atoms with Gasteiger partial charge in [-0.25, -0.2) is 0 Å². The van der Waals surface area contributed by atoms with Crippen LogP contribution in [0.1, 0.15) is 39.5 Å². The number of hydrogen-bond donors (Lipinski definition) is 1. The number of Topliss-reactive ketones (excluding diaryl/α,β-unsaturated/α-hetero) is 1. The van der Waals surface area contributed by atoms with Crippen molar-refractivity contribution in [1.29, 1.82) is 0 Å². The first-order valence-electron chi connectivity index (χ1n) is 6.49. The summed E-state index contributed by atoms with van der Waals surface area (Å²) < 4.78 is 0. The van der Waals surface area contributed by atoms with Crippen LogP contribution in [0.4, 0.5) is 0 Å². The topological polar surface area (TPSA) is 49.4 Å². The molecule has 0 bridgehead atoms. The van der Waals surface area contributed by atoms with Crippen molar-refractivity contribution < 1.29 is 9.59 Å². The Morgan fingerprint density at radius 1 is 1.24 bits per heavy atom. The molecule has 0 spiro atoms. The van der Waals surface area contributed by atoms with Gasteiger partial charge in [0.2, 0.25) is 5.91 Å². The van der Waals surface area contributed by atoms with Crippen molar-refractivity contribution in [2.24, 2.45) is 5.92 Å². The second kappa shape index (κ2) is 6.74. The molecule has 0 aromatic heterocycles. The molecule has 1 N–H and O–H groups in total. The zero-order chi connectivity index (χ0) is 12.8. The average Bonchev–Trinajstić information content (AvgIpc) is 2.67. The zero-order valence-electron chi connectivity index (χ0n) is 11.2. The minimum atomic E-state index is -0.0123. The Bertz CT molecular complexity index is 271. The second-order valence-electron chi connectivity index (χ2n) is 5.34. The Morgan fingerprint density at radius 2 is 1.82 bits per heavy atom. The molecule has 0 unspecified atom stereocenters.